The topological polar surface area (TPSA) is 75.9 Å². The average Bonchev–Trinajstić information content (AvgIpc) is 2.54. The maximum atomic E-state index is 12.0. The standard InChI is InChI=1S/C11H19N3O3/c1-2-3-6-17-14-8-4-5-9(10(12)15)13(7-8)11(14)16/h8-9H,2-7H2,1H3,(H2,12,15)/t8-,9+/m1/s1. The summed E-state index contributed by atoms with van der Waals surface area (Å²) in [6.07, 6.45) is 3.37. The number of nitrogens with two attached hydrogens (primary N) is 1. The third kappa shape index (κ3) is 2.22. The van der Waals surface area contributed by atoms with Crippen molar-refractivity contribution in [3.63, 3.8) is 0 Å². The van der Waals surface area contributed by atoms with Crippen LogP contribution in [0, 0.1) is 0 Å². The molecule has 0 aromatic rings. The fourth-order valence-electron chi connectivity index (χ4n) is 2.40. The molecule has 0 aliphatic carbocycles. The molecule has 2 saturated heterocycles. The summed E-state index contributed by atoms with van der Waals surface area (Å²) in [4.78, 5) is 30.3. The molecule has 2 rings (SSSR count). The van der Waals surface area contributed by atoms with Gasteiger partial charge in [0, 0.05) is 6.54 Å². The van der Waals surface area contributed by atoms with Crippen LogP contribution in [0.1, 0.15) is 32.6 Å². The maximum absolute atomic E-state index is 12.0. The van der Waals surface area contributed by atoms with Crippen molar-refractivity contribution < 1.29 is 14.4 Å². The third-order valence-corrected chi connectivity index (χ3v) is 3.38. The first-order valence-electron chi connectivity index (χ1n) is 6.17. The first-order valence-corrected chi connectivity index (χ1v) is 6.17. The minimum Gasteiger partial charge on any atom is -0.368 e. The Morgan fingerprint density at radius 2 is 2.29 bits per heavy atom. The molecule has 0 unspecified atom stereocenters. The summed E-state index contributed by atoms with van der Waals surface area (Å²) in [5.74, 6) is -0.424. The molecule has 3 amide bonds. The van der Waals surface area contributed by atoms with Crippen molar-refractivity contribution in [2.45, 2.75) is 44.7 Å². The largest absolute Gasteiger partial charge is 0.368 e. The second-order valence-electron chi connectivity index (χ2n) is 4.60. The smallest absolute Gasteiger partial charge is 0.345 e. The van der Waals surface area contributed by atoms with Gasteiger partial charge >= 0.3 is 6.03 Å². The molecular weight excluding hydrogens is 222 g/mol. The monoisotopic (exact) mass is 241 g/mol. The Kier molecular flexibility index (Phi) is 3.51. The molecule has 6 nitrogen and oxygen atoms in total. The fraction of sp³-hybridized carbons (Fsp3) is 0.818. The molecular formula is C11H19N3O3. The van der Waals surface area contributed by atoms with E-state index in [1.54, 1.807) is 0 Å². The number of urea groups is 1. The second-order valence-corrected chi connectivity index (χ2v) is 4.60. The third-order valence-electron chi connectivity index (χ3n) is 3.38. The van der Waals surface area contributed by atoms with E-state index in [2.05, 4.69) is 6.92 Å². The molecule has 96 valence electrons. The predicted octanol–water partition coefficient (Wildman–Crippen LogP) is 0.472. The maximum Gasteiger partial charge on any atom is 0.345 e. The molecule has 0 spiro atoms. The number of unbranched alkanes of at least 4 members (excludes halogenated alkanes) is 1. The Hall–Kier alpha value is -1.30. The van der Waals surface area contributed by atoms with Gasteiger partial charge in [-0.1, -0.05) is 13.3 Å². The van der Waals surface area contributed by atoms with Crippen LogP contribution in [0.5, 0.6) is 0 Å². The molecule has 0 aromatic heterocycles. The lowest BCUT2D eigenvalue weighted by atomic mass is 10.0. The zero-order valence-corrected chi connectivity index (χ0v) is 10.1. The SMILES string of the molecule is CCCCON1C(=O)N2C[C@H]1CC[C@H]2C(N)=O. The van der Waals surface area contributed by atoms with Crippen LogP contribution in [0.15, 0.2) is 0 Å². The van der Waals surface area contributed by atoms with E-state index < -0.39 is 11.9 Å². The van der Waals surface area contributed by atoms with E-state index in [1.807, 2.05) is 0 Å². The molecule has 2 fully saturated rings. The van der Waals surface area contributed by atoms with E-state index in [4.69, 9.17) is 10.6 Å². The Labute approximate surface area is 101 Å². The van der Waals surface area contributed by atoms with E-state index in [0.29, 0.717) is 19.6 Å². The molecule has 0 saturated carbocycles. The summed E-state index contributed by atoms with van der Waals surface area (Å²) in [7, 11) is 0. The highest BCUT2D eigenvalue weighted by atomic mass is 16.7. The molecule has 2 heterocycles. The number of hydrogen-bond acceptors (Lipinski definition) is 3. The summed E-state index contributed by atoms with van der Waals surface area (Å²) in [5.41, 5.74) is 5.29. The number of primary amides is 1. The van der Waals surface area contributed by atoms with Gasteiger partial charge in [0.15, 0.2) is 0 Å². The number of nitrogens with zero attached hydrogens (tertiary/aromatic N) is 2. The first kappa shape index (κ1) is 12.2. The highest BCUT2D eigenvalue weighted by Gasteiger charge is 2.47. The molecule has 6 heteroatoms. The van der Waals surface area contributed by atoms with Gasteiger partial charge in [-0.15, -0.1) is 0 Å². The summed E-state index contributed by atoms with van der Waals surface area (Å²) < 4.78 is 0. The van der Waals surface area contributed by atoms with Crippen molar-refractivity contribution in [2.75, 3.05) is 13.2 Å². The van der Waals surface area contributed by atoms with E-state index in [9.17, 15) is 9.59 Å². The fourth-order valence-corrected chi connectivity index (χ4v) is 2.40. The lowest BCUT2D eigenvalue weighted by molar-refractivity contribution is -0.131. The number of carbonyl (C=O) groups excluding carboxylic acids is 2. The lowest BCUT2D eigenvalue weighted by Gasteiger charge is -2.27. The number of amides is 3. The van der Waals surface area contributed by atoms with Gasteiger partial charge in [0.1, 0.15) is 6.04 Å². The first-order chi connectivity index (χ1) is 8.15. The van der Waals surface area contributed by atoms with Crippen LogP contribution in [-0.4, -0.2) is 47.1 Å². The van der Waals surface area contributed by atoms with E-state index in [0.717, 1.165) is 19.3 Å². The minimum atomic E-state index is -0.460. The average molecular weight is 241 g/mol. The zero-order chi connectivity index (χ0) is 12.4. The lowest BCUT2D eigenvalue weighted by Crippen LogP contribution is -2.47. The minimum absolute atomic E-state index is 0.0787. The number of fused-ring (bicyclic) bond motifs is 2. The molecule has 17 heavy (non-hydrogen) atoms. The Morgan fingerprint density at radius 1 is 1.53 bits per heavy atom. The van der Waals surface area contributed by atoms with E-state index in [1.165, 1.54) is 9.96 Å². The molecule has 2 bridgehead atoms. The van der Waals surface area contributed by atoms with Gasteiger partial charge in [-0.3, -0.25) is 9.63 Å². The molecule has 2 N–H and O–H groups in total. The van der Waals surface area contributed by atoms with Crippen LogP contribution >= 0.6 is 0 Å². The van der Waals surface area contributed by atoms with Crippen LogP contribution in [0.25, 0.3) is 0 Å². The van der Waals surface area contributed by atoms with E-state index in [-0.39, 0.29) is 12.1 Å². The molecule has 2 aliphatic heterocycles. The molecule has 0 radical (unpaired) electrons. The Morgan fingerprint density at radius 3 is 2.94 bits per heavy atom. The molecule has 2 aliphatic rings. The quantitative estimate of drug-likeness (QED) is 0.711. The van der Waals surface area contributed by atoms with Crippen LogP contribution in [0.3, 0.4) is 0 Å². The van der Waals surface area contributed by atoms with Crippen molar-refractivity contribution >= 4 is 11.9 Å². The van der Waals surface area contributed by atoms with Gasteiger partial charge < -0.3 is 10.6 Å². The van der Waals surface area contributed by atoms with Gasteiger partial charge in [-0.2, -0.15) is 5.06 Å². The Bertz CT molecular complexity index is 321. The Balaban J connectivity index is 1.99. The van der Waals surface area contributed by atoms with Gasteiger partial charge in [0.25, 0.3) is 0 Å². The summed E-state index contributed by atoms with van der Waals surface area (Å²) in [6.45, 7) is 3.17. The van der Waals surface area contributed by atoms with Crippen molar-refractivity contribution in [3.8, 4) is 0 Å². The van der Waals surface area contributed by atoms with Crippen LogP contribution in [0.2, 0.25) is 0 Å². The predicted molar refractivity (Wildman–Crippen MR) is 60.8 cm³/mol. The molecule has 2 atom stereocenters. The van der Waals surface area contributed by atoms with Gasteiger partial charge in [-0.25, -0.2) is 4.79 Å². The van der Waals surface area contributed by atoms with Crippen molar-refractivity contribution in [3.05, 3.63) is 0 Å². The van der Waals surface area contributed by atoms with Crippen LogP contribution in [-0.2, 0) is 9.63 Å². The number of piperidine rings is 1. The highest BCUT2D eigenvalue weighted by molar-refractivity contribution is 5.87. The van der Waals surface area contributed by atoms with Crippen molar-refractivity contribution in [2.24, 2.45) is 5.73 Å². The van der Waals surface area contributed by atoms with Gasteiger partial charge in [0.2, 0.25) is 5.91 Å². The summed E-state index contributed by atoms with van der Waals surface area (Å²) >= 11 is 0. The normalized spacial score (nSPS) is 27.7. The van der Waals surface area contributed by atoms with Gasteiger partial charge in [-0.05, 0) is 19.3 Å². The number of hydroxylamine groups is 2. The number of hydrogen-bond donors (Lipinski definition) is 1. The number of carbonyl (C=O) groups is 2. The summed E-state index contributed by atoms with van der Waals surface area (Å²) in [5, 5.41) is 1.43. The summed E-state index contributed by atoms with van der Waals surface area (Å²) in [6, 6.07) is -0.596. The van der Waals surface area contributed by atoms with Crippen LogP contribution < -0.4 is 5.73 Å². The second kappa shape index (κ2) is 4.91. The highest BCUT2D eigenvalue weighted by Crippen LogP contribution is 2.29. The van der Waals surface area contributed by atoms with Crippen molar-refractivity contribution in [1.82, 2.24) is 9.96 Å². The molecule has 0 aromatic carbocycles. The van der Waals surface area contributed by atoms with Crippen LogP contribution in [0.4, 0.5) is 4.79 Å². The van der Waals surface area contributed by atoms with Gasteiger partial charge in [0.05, 0.1) is 12.6 Å². The van der Waals surface area contributed by atoms with E-state index >= 15 is 0 Å². The number of rotatable bonds is 5. The van der Waals surface area contributed by atoms with Crippen molar-refractivity contribution in [1.29, 1.82) is 0 Å². The zero-order valence-electron chi connectivity index (χ0n) is 10.1.